The highest BCUT2D eigenvalue weighted by Gasteiger charge is 2.14. The van der Waals surface area contributed by atoms with Crippen molar-refractivity contribution in [2.24, 2.45) is 5.73 Å². The summed E-state index contributed by atoms with van der Waals surface area (Å²) in [5.74, 6) is 0.233. The minimum absolute atomic E-state index is 0.233. The highest BCUT2D eigenvalue weighted by molar-refractivity contribution is 5.76. The first-order valence-corrected chi connectivity index (χ1v) is 4.55. The van der Waals surface area contributed by atoms with Gasteiger partial charge in [-0.2, -0.15) is 0 Å². The number of likely N-dealkylation sites (N-methyl/N-ethyl adjacent to an activating group) is 1. The Hall–Kier alpha value is -0.610. The number of rotatable bonds is 6. The van der Waals surface area contributed by atoms with Gasteiger partial charge in [-0.05, 0) is 33.9 Å². The van der Waals surface area contributed by atoms with Crippen LogP contribution in [0.25, 0.3) is 0 Å². The highest BCUT2D eigenvalue weighted by atomic mass is 16.3. The number of hydrogen-bond donors (Lipinski definition) is 3. The van der Waals surface area contributed by atoms with Crippen molar-refractivity contribution in [3.8, 4) is 0 Å². The SMILES string of the molecule is CN(CCCC(=N)N)CC(C)(C)O. The van der Waals surface area contributed by atoms with Gasteiger partial charge in [-0.1, -0.05) is 0 Å². The van der Waals surface area contributed by atoms with Gasteiger partial charge in [-0.25, -0.2) is 0 Å². The van der Waals surface area contributed by atoms with Crippen LogP contribution in [-0.4, -0.2) is 41.6 Å². The summed E-state index contributed by atoms with van der Waals surface area (Å²) < 4.78 is 0. The number of hydrogen-bond acceptors (Lipinski definition) is 3. The maximum absolute atomic E-state index is 9.49. The summed E-state index contributed by atoms with van der Waals surface area (Å²) >= 11 is 0. The molecule has 78 valence electrons. The third-order valence-electron chi connectivity index (χ3n) is 1.64. The van der Waals surface area contributed by atoms with E-state index < -0.39 is 5.60 Å². The maximum atomic E-state index is 9.49. The second-order valence-corrected chi connectivity index (χ2v) is 4.18. The van der Waals surface area contributed by atoms with Crippen molar-refractivity contribution in [3.05, 3.63) is 0 Å². The van der Waals surface area contributed by atoms with Crippen LogP contribution in [0.5, 0.6) is 0 Å². The quantitative estimate of drug-likeness (QED) is 0.416. The van der Waals surface area contributed by atoms with Crippen molar-refractivity contribution in [2.75, 3.05) is 20.1 Å². The number of nitrogens with one attached hydrogen (secondary N) is 1. The van der Waals surface area contributed by atoms with E-state index in [9.17, 15) is 5.11 Å². The molecule has 0 aromatic carbocycles. The Balaban J connectivity index is 3.52. The molecule has 0 aliphatic rings. The van der Waals surface area contributed by atoms with Gasteiger partial charge in [0.25, 0.3) is 0 Å². The Morgan fingerprint density at radius 2 is 2.08 bits per heavy atom. The molecule has 0 spiro atoms. The van der Waals surface area contributed by atoms with Crippen LogP contribution in [0.4, 0.5) is 0 Å². The molecule has 0 amide bonds. The van der Waals surface area contributed by atoms with Gasteiger partial charge in [-0.15, -0.1) is 0 Å². The van der Waals surface area contributed by atoms with Crippen LogP contribution in [0, 0.1) is 5.41 Å². The van der Waals surface area contributed by atoms with Gasteiger partial charge in [-0.3, -0.25) is 5.41 Å². The monoisotopic (exact) mass is 187 g/mol. The standard InChI is InChI=1S/C9H21N3O/c1-9(2,13)7-12(3)6-4-5-8(10)11/h13H,4-7H2,1-3H3,(H3,10,11). The van der Waals surface area contributed by atoms with Crippen LogP contribution >= 0.6 is 0 Å². The molecule has 0 bridgehead atoms. The Bertz CT molecular complexity index is 163. The molecule has 0 aromatic rings. The molecule has 13 heavy (non-hydrogen) atoms. The van der Waals surface area contributed by atoms with Gasteiger partial charge in [0, 0.05) is 13.0 Å². The molecule has 0 unspecified atom stereocenters. The lowest BCUT2D eigenvalue weighted by atomic mass is 10.1. The van der Waals surface area contributed by atoms with E-state index in [0.717, 1.165) is 13.0 Å². The fraction of sp³-hybridized carbons (Fsp3) is 0.889. The summed E-state index contributed by atoms with van der Waals surface area (Å²) in [5, 5.41) is 16.5. The average Bonchev–Trinajstić information content (AvgIpc) is 1.81. The molecule has 0 saturated carbocycles. The van der Waals surface area contributed by atoms with Crippen molar-refractivity contribution >= 4 is 5.84 Å². The van der Waals surface area contributed by atoms with Gasteiger partial charge >= 0.3 is 0 Å². The normalized spacial score (nSPS) is 12.1. The summed E-state index contributed by atoms with van der Waals surface area (Å²) in [5.41, 5.74) is 4.57. The van der Waals surface area contributed by atoms with Crippen molar-refractivity contribution < 1.29 is 5.11 Å². The molecule has 0 rings (SSSR count). The Labute approximate surface area is 80.2 Å². The zero-order valence-corrected chi connectivity index (χ0v) is 8.80. The second-order valence-electron chi connectivity index (χ2n) is 4.18. The second kappa shape index (κ2) is 5.19. The predicted octanol–water partition coefficient (Wildman–Crippen LogP) is 0.405. The van der Waals surface area contributed by atoms with Crippen molar-refractivity contribution in [2.45, 2.75) is 32.3 Å². The van der Waals surface area contributed by atoms with E-state index in [0.29, 0.717) is 13.0 Å². The molecule has 0 fully saturated rings. The predicted molar refractivity (Wildman–Crippen MR) is 54.9 cm³/mol. The van der Waals surface area contributed by atoms with E-state index in [1.165, 1.54) is 0 Å². The fourth-order valence-electron chi connectivity index (χ4n) is 1.28. The van der Waals surface area contributed by atoms with Crippen LogP contribution in [0.3, 0.4) is 0 Å². The van der Waals surface area contributed by atoms with Crippen LogP contribution in [0.15, 0.2) is 0 Å². The van der Waals surface area contributed by atoms with E-state index in [-0.39, 0.29) is 5.84 Å². The lowest BCUT2D eigenvalue weighted by Crippen LogP contribution is -2.36. The molecule has 0 aliphatic heterocycles. The van der Waals surface area contributed by atoms with Gasteiger partial charge in [0.2, 0.25) is 0 Å². The molecule has 0 heterocycles. The third-order valence-corrected chi connectivity index (χ3v) is 1.64. The van der Waals surface area contributed by atoms with Gasteiger partial charge in [0.1, 0.15) is 0 Å². The maximum Gasteiger partial charge on any atom is 0.0905 e. The van der Waals surface area contributed by atoms with Crippen molar-refractivity contribution in [1.29, 1.82) is 5.41 Å². The van der Waals surface area contributed by atoms with E-state index in [4.69, 9.17) is 11.1 Å². The largest absolute Gasteiger partial charge is 0.389 e. The molecule has 0 saturated heterocycles. The molecular formula is C9H21N3O. The number of amidine groups is 1. The summed E-state index contributed by atoms with van der Waals surface area (Å²) in [6, 6.07) is 0. The minimum atomic E-state index is -0.648. The summed E-state index contributed by atoms with van der Waals surface area (Å²) in [4.78, 5) is 2.04. The fourth-order valence-corrected chi connectivity index (χ4v) is 1.28. The Morgan fingerprint density at radius 1 is 1.54 bits per heavy atom. The summed E-state index contributed by atoms with van der Waals surface area (Å²) in [7, 11) is 1.96. The Kier molecular flexibility index (Phi) is 4.95. The Morgan fingerprint density at radius 3 is 2.46 bits per heavy atom. The highest BCUT2D eigenvalue weighted by Crippen LogP contribution is 2.03. The summed E-state index contributed by atoms with van der Waals surface area (Å²) in [6.45, 7) is 5.08. The van der Waals surface area contributed by atoms with Gasteiger partial charge < -0.3 is 15.7 Å². The minimum Gasteiger partial charge on any atom is -0.389 e. The first kappa shape index (κ1) is 12.4. The zero-order valence-electron chi connectivity index (χ0n) is 8.80. The zero-order chi connectivity index (χ0) is 10.5. The topological polar surface area (TPSA) is 73.3 Å². The average molecular weight is 187 g/mol. The molecule has 4 nitrogen and oxygen atoms in total. The molecule has 4 heteroatoms. The molecule has 0 radical (unpaired) electrons. The molecule has 0 aliphatic carbocycles. The van der Waals surface area contributed by atoms with E-state index >= 15 is 0 Å². The summed E-state index contributed by atoms with van der Waals surface area (Å²) in [6.07, 6.45) is 1.51. The molecule has 0 aromatic heterocycles. The first-order chi connectivity index (χ1) is 5.81. The van der Waals surface area contributed by atoms with Crippen LogP contribution in [-0.2, 0) is 0 Å². The molecule has 4 N–H and O–H groups in total. The van der Waals surface area contributed by atoms with E-state index in [2.05, 4.69) is 0 Å². The molecular weight excluding hydrogens is 166 g/mol. The lowest BCUT2D eigenvalue weighted by Gasteiger charge is -2.25. The van der Waals surface area contributed by atoms with Crippen molar-refractivity contribution in [1.82, 2.24) is 4.90 Å². The number of nitrogens with zero attached hydrogens (tertiary/aromatic N) is 1. The lowest BCUT2D eigenvalue weighted by molar-refractivity contribution is 0.0445. The molecule has 0 atom stereocenters. The van der Waals surface area contributed by atoms with Crippen LogP contribution in [0.2, 0.25) is 0 Å². The van der Waals surface area contributed by atoms with E-state index in [1.54, 1.807) is 13.8 Å². The van der Waals surface area contributed by atoms with Crippen LogP contribution in [0.1, 0.15) is 26.7 Å². The van der Waals surface area contributed by atoms with E-state index in [1.807, 2.05) is 11.9 Å². The van der Waals surface area contributed by atoms with Gasteiger partial charge in [0.05, 0.1) is 11.4 Å². The number of nitrogens with two attached hydrogens (primary N) is 1. The number of aliphatic hydroxyl groups is 1. The smallest absolute Gasteiger partial charge is 0.0905 e. The van der Waals surface area contributed by atoms with Crippen LogP contribution < -0.4 is 5.73 Å². The first-order valence-electron chi connectivity index (χ1n) is 4.55. The van der Waals surface area contributed by atoms with Crippen molar-refractivity contribution in [3.63, 3.8) is 0 Å². The van der Waals surface area contributed by atoms with Gasteiger partial charge in [0.15, 0.2) is 0 Å². The third kappa shape index (κ3) is 9.30.